The first kappa shape index (κ1) is 13.7. The lowest BCUT2D eigenvalue weighted by Gasteiger charge is -2.09. The van der Waals surface area contributed by atoms with Crippen LogP contribution in [0, 0.1) is 19.9 Å². The Morgan fingerprint density at radius 2 is 1.78 bits per heavy atom. The second-order valence-corrected chi connectivity index (χ2v) is 5.62. The standard InChI is InChI=1S/C20H16N3/c1-14-13-18-19(15(2)21-14)22-20(16-9-5-3-6-10-16)23(18)17-11-7-4-8-12-17/h3-7,9-13H,1-2H3. The van der Waals surface area contributed by atoms with Crippen LogP contribution >= 0.6 is 0 Å². The summed E-state index contributed by atoms with van der Waals surface area (Å²) in [6.45, 7) is 4.03. The number of rotatable bonds is 2. The Labute approximate surface area is 135 Å². The van der Waals surface area contributed by atoms with Gasteiger partial charge in [0.15, 0.2) is 0 Å². The van der Waals surface area contributed by atoms with Crippen LogP contribution in [0.1, 0.15) is 11.4 Å². The van der Waals surface area contributed by atoms with Crippen molar-refractivity contribution in [3.8, 4) is 17.1 Å². The molecule has 0 spiro atoms. The van der Waals surface area contributed by atoms with Crippen molar-refractivity contribution in [3.05, 3.63) is 78.1 Å². The van der Waals surface area contributed by atoms with E-state index < -0.39 is 0 Å². The van der Waals surface area contributed by atoms with E-state index in [-0.39, 0.29) is 0 Å². The maximum atomic E-state index is 4.89. The van der Waals surface area contributed by atoms with E-state index in [9.17, 15) is 0 Å². The van der Waals surface area contributed by atoms with Gasteiger partial charge in [0.2, 0.25) is 0 Å². The highest BCUT2D eigenvalue weighted by molar-refractivity contribution is 5.85. The summed E-state index contributed by atoms with van der Waals surface area (Å²) in [6.07, 6.45) is 0. The van der Waals surface area contributed by atoms with E-state index >= 15 is 0 Å². The SMILES string of the molecule is Cc1cc2c(nc(-c3ccccc3)n2-c2c[c]ccc2)c(C)n1. The Morgan fingerprint density at radius 1 is 0.957 bits per heavy atom. The highest BCUT2D eigenvalue weighted by atomic mass is 15.1. The predicted molar refractivity (Wildman–Crippen MR) is 92.6 cm³/mol. The number of hydrogen-bond donors (Lipinski definition) is 0. The summed E-state index contributed by atoms with van der Waals surface area (Å²) in [7, 11) is 0. The molecule has 23 heavy (non-hydrogen) atoms. The third-order valence-corrected chi connectivity index (χ3v) is 3.93. The largest absolute Gasteiger partial charge is 0.292 e. The summed E-state index contributed by atoms with van der Waals surface area (Å²) < 4.78 is 2.18. The molecular weight excluding hydrogens is 282 g/mol. The van der Waals surface area contributed by atoms with Crippen molar-refractivity contribution in [3.63, 3.8) is 0 Å². The van der Waals surface area contributed by atoms with Crippen LogP contribution in [-0.4, -0.2) is 14.5 Å². The number of imidazole rings is 1. The molecule has 0 fully saturated rings. The monoisotopic (exact) mass is 298 g/mol. The first-order chi connectivity index (χ1) is 11.2. The molecule has 0 aliphatic rings. The predicted octanol–water partition coefficient (Wildman–Crippen LogP) is 4.50. The minimum atomic E-state index is 0.927. The van der Waals surface area contributed by atoms with Gasteiger partial charge < -0.3 is 0 Å². The Kier molecular flexibility index (Phi) is 3.19. The van der Waals surface area contributed by atoms with Gasteiger partial charge in [0.1, 0.15) is 11.3 Å². The maximum absolute atomic E-state index is 4.89. The van der Waals surface area contributed by atoms with Gasteiger partial charge in [0.25, 0.3) is 0 Å². The molecule has 0 atom stereocenters. The summed E-state index contributed by atoms with van der Waals surface area (Å²) in [5.41, 5.74) is 6.11. The molecule has 0 aliphatic carbocycles. The molecule has 2 aromatic heterocycles. The number of fused-ring (bicyclic) bond motifs is 1. The van der Waals surface area contributed by atoms with E-state index in [0.717, 1.165) is 39.5 Å². The van der Waals surface area contributed by atoms with Gasteiger partial charge in [0.05, 0.1) is 11.2 Å². The molecule has 0 amide bonds. The molecule has 0 N–H and O–H groups in total. The molecule has 0 saturated carbocycles. The van der Waals surface area contributed by atoms with Crippen LogP contribution in [0.5, 0.6) is 0 Å². The number of aromatic nitrogens is 3. The second-order valence-electron chi connectivity index (χ2n) is 5.62. The zero-order valence-electron chi connectivity index (χ0n) is 13.1. The average Bonchev–Trinajstić information content (AvgIpc) is 2.96. The molecule has 111 valence electrons. The highest BCUT2D eigenvalue weighted by Crippen LogP contribution is 2.29. The van der Waals surface area contributed by atoms with Crippen LogP contribution in [0.15, 0.2) is 60.7 Å². The van der Waals surface area contributed by atoms with E-state index in [0.29, 0.717) is 0 Å². The van der Waals surface area contributed by atoms with Gasteiger partial charge in [-0.15, -0.1) is 0 Å². The zero-order chi connectivity index (χ0) is 15.8. The van der Waals surface area contributed by atoms with Gasteiger partial charge in [-0.2, -0.15) is 0 Å². The lowest BCUT2D eigenvalue weighted by Crippen LogP contribution is -1.97. The molecule has 2 aromatic carbocycles. The smallest absolute Gasteiger partial charge is 0.145 e. The fourth-order valence-electron chi connectivity index (χ4n) is 2.95. The Hall–Kier alpha value is -2.94. The molecule has 0 aliphatic heterocycles. The summed E-state index contributed by atoms with van der Waals surface area (Å²) in [4.78, 5) is 9.45. The molecule has 0 unspecified atom stereocenters. The molecule has 4 aromatic rings. The van der Waals surface area contributed by atoms with Crippen molar-refractivity contribution in [2.45, 2.75) is 13.8 Å². The van der Waals surface area contributed by atoms with E-state index in [1.165, 1.54) is 0 Å². The van der Waals surface area contributed by atoms with Crippen molar-refractivity contribution < 1.29 is 0 Å². The number of benzene rings is 2. The van der Waals surface area contributed by atoms with Crippen molar-refractivity contribution in [2.75, 3.05) is 0 Å². The van der Waals surface area contributed by atoms with Crippen LogP contribution in [0.3, 0.4) is 0 Å². The fourth-order valence-corrected chi connectivity index (χ4v) is 2.95. The molecular formula is C20H16N3. The first-order valence-electron chi connectivity index (χ1n) is 7.62. The van der Waals surface area contributed by atoms with Crippen LogP contribution < -0.4 is 0 Å². The zero-order valence-corrected chi connectivity index (χ0v) is 13.1. The summed E-state index contributed by atoms with van der Waals surface area (Å²) >= 11 is 0. The van der Waals surface area contributed by atoms with Gasteiger partial charge >= 0.3 is 0 Å². The van der Waals surface area contributed by atoms with Crippen molar-refractivity contribution in [2.24, 2.45) is 0 Å². The minimum absolute atomic E-state index is 0.927. The summed E-state index contributed by atoms with van der Waals surface area (Å²) in [5.74, 6) is 0.927. The topological polar surface area (TPSA) is 30.7 Å². The number of aryl methyl sites for hydroxylation is 2. The normalized spacial score (nSPS) is 11.0. The lowest BCUT2D eigenvalue weighted by molar-refractivity contribution is 1.10. The molecule has 2 heterocycles. The number of nitrogens with zero attached hydrogens (tertiary/aromatic N) is 3. The van der Waals surface area contributed by atoms with Gasteiger partial charge in [-0.25, -0.2) is 4.98 Å². The van der Waals surface area contributed by atoms with E-state index in [2.05, 4.69) is 39.9 Å². The molecule has 1 radical (unpaired) electrons. The second kappa shape index (κ2) is 5.36. The van der Waals surface area contributed by atoms with Crippen LogP contribution in [0.2, 0.25) is 0 Å². The number of hydrogen-bond acceptors (Lipinski definition) is 2. The van der Waals surface area contributed by atoms with Gasteiger partial charge in [0, 0.05) is 16.9 Å². The van der Waals surface area contributed by atoms with Crippen molar-refractivity contribution in [1.29, 1.82) is 0 Å². The highest BCUT2D eigenvalue weighted by Gasteiger charge is 2.16. The molecule has 3 heteroatoms. The maximum Gasteiger partial charge on any atom is 0.145 e. The van der Waals surface area contributed by atoms with Crippen molar-refractivity contribution in [1.82, 2.24) is 14.5 Å². The first-order valence-corrected chi connectivity index (χ1v) is 7.62. The third kappa shape index (κ3) is 2.30. The minimum Gasteiger partial charge on any atom is -0.292 e. The Morgan fingerprint density at radius 3 is 2.52 bits per heavy atom. The quantitative estimate of drug-likeness (QED) is 0.545. The number of pyridine rings is 1. The van der Waals surface area contributed by atoms with Crippen LogP contribution in [-0.2, 0) is 0 Å². The van der Waals surface area contributed by atoms with Crippen LogP contribution in [0.4, 0.5) is 0 Å². The fraction of sp³-hybridized carbons (Fsp3) is 0.100. The molecule has 0 bridgehead atoms. The van der Waals surface area contributed by atoms with E-state index in [1.54, 1.807) is 0 Å². The molecule has 4 rings (SSSR count). The molecule has 3 nitrogen and oxygen atoms in total. The van der Waals surface area contributed by atoms with Gasteiger partial charge in [-0.3, -0.25) is 9.55 Å². The Bertz CT molecular complexity index is 970. The Balaban J connectivity index is 2.12. The lowest BCUT2D eigenvalue weighted by atomic mass is 10.2. The summed E-state index contributed by atoms with van der Waals surface area (Å²) in [5, 5.41) is 0. The van der Waals surface area contributed by atoms with E-state index in [1.807, 2.05) is 50.2 Å². The molecule has 0 saturated heterocycles. The van der Waals surface area contributed by atoms with Crippen molar-refractivity contribution >= 4 is 11.0 Å². The summed E-state index contributed by atoms with van der Waals surface area (Å²) in [6, 6.07) is 23.5. The third-order valence-electron chi connectivity index (χ3n) is 3.93. The van der Waals surface area contributed by atoms with Crippen LogP contribution in [0.25, 0.3) is 28.1 Å². The van der Waals surface area contributed by atoms with E-state index in [4.69, 9.17) is 4.98 Å². The van der Waals surface area contributed by atoms with Gasteiger partial charge in [-0.1, -0.05) is 42.5 Å². The van der Waals surface area contributed by atoms with Gasteiger partial charge in [-0.05, 0) is 38.1 Å². The average molecular weight is 298 g/mol.